The zero-order valence-electron chi connectivity index (χ0n) is 14.9. The molecule has 1 saturated heterocycles. The molecule has 0 unspecified atom stereocenters. The summed E-state index contributed by atoms with van der Waals surface area (Å²) in [6.07, 6.45) is -3.31. The quantitative estimate of drug-likeness (QED) is 0.479. The van der Waals surface area contributed by atoms with E-state index in [-0.39, 0.29) is 26.3 Å². The third kappa shape index (κ3) is 4.74. The highest BCUT2D eigenvalue weighted by Gasteiger charge is 2.36. The molecule has 3 N–H and O–H groups in total. The minimum atomic E-state index is -4.65. The summed E-state index contributed by atoms with van der Waals surface area (Å²) in [6, 6.07) is 8.29. The van der Waals surface area contributed by atoms with Gasteiger partial charge in [-0.2, -0.15) is 13.2 Å². The van der Waals surface area contributed by atoms with Crippen molar-refractivity contribution in [2.75, 3.05) is 11.9 Å². The van der Waals surface area contributed by atoms with Gasteiger partial charge in [0.1, 0.15) is 22.4 Å². The molecule has 0 spiro atoms. The number of thioether (sulfide) groups is 1. The van der Waals surface area contributed by atoms with Gasteiger partial charge in [-0.25, -0.2) is 0 Å². The molecule has 11 heteroatoms. The van der Waals surface area contributed by atoms with Gasteiger partial charge in [-0.15, -0.1) is 0 Å². The number of halogens is 3. The first-order valence-corrected chi connectivity index (χ1v) is 9.52. The number of amides is 2. The highest BCUT2D eigenvalue weighted by molar-refractivity contribution is 8.26. The van der Waals surface area contributed by atoms with Gasteiger partial charge in [0, 0.05) is 11.6 Å². The normalized spacial score (nSPS) is 15.7. The first-order chi connectivity index (χ1) is 14.1. The number of carbonyl (C=O) groups is 2. The minimum Gasteiger partial charge on any atom is -0.508 e. The van der Waals surface area contributed by atoms with Crippen molar-refractivity contribution in [3.05, 3.63) is 58.5 Å². The molecule has 0 atom stereocenters. The summed E-state index contributed by atoms with van der Waals surface area (Å²) in [5.74, 6) is -1.90. The number of phenols is 2. The fourth-order valence-electron chi connectivity index (χ4n) is 2.60. The van der Waals surface area contributed by atoms with Crippen LogP contribution >= 0.6 is 24.0 Å². The smallest absolute Gasteiger partial charge is 0.418 e. The maximum Gasteiger partial charge on any atom is 0.418 e. The van der Waals surface area contributed by atoms with Crippen LogP contribution in [0.3, 0.4) is 0 Å². The largest absolute Gasteiger partial charge is 0.508 e. The van der Waals surface area contributed by atoms with Crippen LogP contribution in [0.5, 0.6) is 11.5 Å². The lowest BCUT2D eigenvalue weighted by Gasteiger charge is -2.16. The van der Waals surface area contributed by atoms with Gasteiger partial charge in [0.05, 0.1) is 16.2 Å². The van der Waals surface area contributed by atoms with Crippen LogP contribution in [0.1, 0.15) is 11.1 Å². The number of benzene rings is 2. The molecule has 1 heterocycles. The molecule has 6 nitrogen and oxygen atoms in total. The third-order valence-corrected chi connectivity index (χ3v) is 5.36. The third-order valence-electron chi connectivity index (χ3n) is 3.98. The van der Waals surface area contributed by atoms with Crippen LogP contribution in [0.4, 0.5) is 18.9 Å². The van der Waals surface area contributed by atoms with Gasteiger partial charge in [0.15, 0.2) is 0 Å². The van der Waals surface area contributed by atoms with E-state index in [2.05, 4.69) is 5.32 Å². The van der Waals surface area contributed by atoms with Crippen molar-refractivity contribution >= 4 is 51.9 Å². The Bertz CT molecular complexity index is 1070. The number of carbonyl (C=O) groups excluding carboxylic acids is 2. The first kappa shape index (κ1) is 21.7. The Morgan fingerprint density at radius 3 is 2.57 bits per heavy atom. The summed E-state index contributed by atoms with van der Waals surface area (Å²) in [5.41, 5.74) is -1.19. The van der Waals surface area contributed by atoms with Crippen molar-refractivity contribution in [1.82, 2.24) is 4.90 Å². The average molecular weight is 454 g/mol. The van der Waals surface area contributed by atoms with Crippen LogP contribution in [0.15, 0.2) is 47.4 Å². The lowest BCUT2D eigenvalue weighted by molar-refractivity contribution is -0.137. The highest BCUT2D eigenvalue weighted by Crippen LogP contribution is 2.36. The van der Waals surface area contributed by atoms with E-state index >= 15 is 0 Å². The van der Waals surface area contributed by atoms with E-state index in [0.29, 0.717) is 0 Å². The monoisotopic (exact) mass is 454 g/mol. The van der Waals surface area contributed by atoms with Crippen molar-refractivity contribution in [3.8, 4) is 11.5 Å². The van der Waals surface area contributed by atoms with Crippen LogP contribution < -0.4 is 5.32 Å². The Morgan fingerprint density at radius 1 is 1.20 bits per heavy atom. The molecule has 0 aliphatic carbocycles. The van der Waals surface area contributed by atoms with Crippen LogP contribution in [0.25, 0.3) is 6.08 Å². The lowest BCUT2D eigenvalue weighted by atomic mass is 10.1. The molecule has 0 aromatic heterocycles. The van der Waals surface area contributed by atoms with Crippen molar-refractivity contribution < 1.29 is 33.0 Å². The predicted octanol–water partition coefficient (Wildman–Crippen LogP) is 3.96. The Balaban J connectivity index is 1.75. The molecule has 0 bridgehead atoms. The molecule has 2 aromatic carbocycles. The second kappa shape index (κ2) is 8.36. The summed E-state index contributed by atoms with van der Waals surface area (Å²) >= 11 is 5.98. The Hall–Kier alpha value is -3.05. The number of thiocarbonyl (C=S) groups is 1. The average Bonchev–Trinajstić information content (AvgIpc) is 2.91. The molecule has 1 aliphatic rings. The number of hydrogen-bond acceptors (Lipinski definition) is 6. The predicted molar refractivity (Wildman–Crippen MR) is 110 cm³/mol. The van der Waals surface area contributed by atoms with Crippen LogP contribution in [-0.2, 0) is 15.8 Å². The standard InChI is InChI=1S/C19H13F3N2O4S2/c20-19(21,22)12-3-1-2-4-13(12)23-16(27)9-24-17(28)15(30-18(24)29)7-10-5-6-11(25)8-14(10)26/h1-8,25-26H,9H2,(H,23,27)/b15-7-. The Kier molecular flexibility index (Phi) is 6.04. The van der Waals surface area contributed by atoms with Gasteiger partial charge >= 0.3 is 6.18 Å². The van der Waals surface area contributed by atoms with Gasteiger partial charge < -0.3 is 15.5 Å². The number of nitrogens with one attached hydrogen (secondary N) is 1. The van der Waals surface area contributed by atoms with Gasteiger partial charge in [-0.1, -0.05) is 36.1 Å². The molecular weight excluding hydrogens is 441 g/mol. The zero-order chi connectivity index (χ0) is 22.1. The van der Waals surface area contributed by atoms with E-state index in [0.717, 1.165) is 34.9 Å². The molecule has 1 fully saturated rings. The van der Waals surface area contributed by atoms with Gasteiger partial charge in [-0.3, -0.25) is 14.5 Å². The zero-order valence-corrected chi connectivity index (χ0v) is 16.6. The molecule has 0 saturated carbocycles. The fraction of sp³-hybridized carbons (Fsp3) is 0.105. The molecule has 3 rings (SSSR count). The summed E-state index contributed by atoms with van der Waals surface area (Å²) in [4.78, 5) is 25.9. The number of hydrogen-bond donors (Lipinski definition) is 3. The van der Waals surface area contributed by atoms with E-state index < -0.39 is 35.8 Å². The summed E-state index contributed by atoms with van der Waals surface area (Å²) in [7, 11) is 0. The second-order valence-corrected chi connectivity index (χ2v) is 7.78. The summed E-state index contributed by atoms with van der Waals surface area (Å²) in [6.45, 7) is -0.574. The molecule has 156 valence electrons. The molecule has 1 aliphatic heterocycles. The molecule has 2 aromatic rings. The second-order valence-electron chi connectivity index (χ2n) is 6.10. The van der Waals surface area contributed by atoms with Crippen molar-refractivity contribution in [2.24, 2.45) is 0 Å². The minimum absolute atomic E-state index is 0.0452. The number of para-hydroxylation sites is 1. The summed E-state index contributed by atoms with van der Waals surface area (Å²) in [5, 5.41) is 21.3. The number of aromatic hydroxyl groups is 2. The number of nitrogens with zero attached hydrogens (tertiary/aromatic N) is 1. The summed E-state index contributed by atoms with van der Waals surface area (Å²) < 4.78 is 39.2. The van der Waals surface area contributed by atoms with E-state index in [1.807, 2.05) is 0 Å². The molecule has 0 radical (unpaired) electrons. The molecule has 2 amide bonds. The van der Waals surface area contributed by atoms with Gasteiger partial charge in [0.2, 0.25) is 5.91 Å². The molecule has 30 heavy (non-hydrogen) atoms. The maximum atomic E-state index is 13.1. The maximum absolute atomic E-state index is 13.1. The van der Waals surface area contributed by atoms with Gasteiger partial charge in [-0.05, 0) is 30.3 Å². The van der Waals surface area contributed by atoms with Crippen LogP contribution in [0.2, 0.25) is 0 Å². The Morgan fingerprint density at radius 2 is 1.90 bits per heavy atom. The number of anilines is 1. The van der Waals surface area contributed by atoms with Crippen molar-refractivity contribution in [1.29, 1.82) is 0 Å². The highest BCUT2D eigenvalue weighted by atomic mass is 32.2. The molecular formula is C19H13F3N2O4S2. The van der Waals surface area contributed by atoms with Crippen molar-refractivity contribution in [3.63, 3.8) is 0 Å². The first-order valence-electron chi connectivity index (χ1n) is 8.29. The van der Waals surface area contributed by atoms with E-state index in [9.17, 15) is 33.0 Å². The van der Waals surface area contributed by atoms with E-state index in [4.69, 9.17) is 12.2 Å². The topological polar surface area (TPSA) is 89.9 Å². The van der Waals surface area contributed by atoms with Gasteiger partial charge in [0.25, 0.3) is 5.91 Å². The van der Waals surface area contributed by atoms with E-state index in [1.165, 1.54) is 30.3 Å². The number of rotatable bonds is 4. The van der Waals surface area contributed by atoms with E-state index in [1.54, 1.807) is 0 Å². The van der Waals surface area contributed by atoms with Crippen LogP contribution in [-0.4, -0.2) is 37.8 Å². The number of phenolic OH excluding ortho intramolecular Hbond substituents is 2. The van der Waals surface area contributed by atoms with Crippen molar-refractivity contribution in [2.45, 2.75) is 6.18 Å². The lowest BCUT2D eigenvalue weighted by Crippen LogP contribution is -2.36. The number of alkyl halides is 3. The van der Waals surface area contributed by atoms with Crippen LogP contribution in [0, 0.1) is 0 Å². The fourth-order valence-corrected chi connectivity index (χ4v) is 3.85. The SMILES string of the molecule is O=C(CN1C(=O)/C(=C/c2ccc(O)cc2O)SC1=S)Nc1ccccc1C(F)(F)F. The Labute approximate surface area is 178 Å².